The van der Waals surface area contributed by atoms with Crippen molar-refractivity contribution in [3.63, 3.8) is 0 Å². The van der Waals surface area contributed by atoms with Gasteiger partial charge in [-0.15, -0.1) is 0 Å². The predicted molar refractivity (Wildman–Crippen MR) is 77.2 cm³/mol. The van der Waals surface area contributed by atoms with E-state index in [2.05, 4.69) is 10.6 Å². The Morgan fingerprint density at radius 2 is 2.22 bits per heavy atom. The number of carbonyl (C=O) groups excluding carboxylic acids is 1. The third kappa shape index (κ3) is 6.51. The zero-order valence-electron chi connectivity index (χ0n) is 10.6. The van der Waals surface area contributed by atoms with Gasteiger partial charge in [-0.1, -0.05) is 12.1 Å². The van der Waals surface area contributed by atoms with Crippen molar-refractivity contribution >= 4 is 23.5 Å². The second-order valence-corrected chi connectivity index (χ2v) is 5.16. The first-order valence-corrected chi connectivity index (χ1v) is 7.18. The summed E-state index contributed by atoms with van der Waals surface area (Å²) in [5, 5.41) is 14.2. The molecule has 0 bridgehead atoms. The lowest BCUT2D eigenvalue weighted by molar-refractivity contribution is 0.252. The van der Waals surface area contributed by atoms with Crippen LogP contribution in [-0.4, -0.2) is 35.8 Å². The predicted octanol–water partition coefficient (Wildman–Crippen LogP) is 2.23. The van der Waals surface area contributed by atoms with Gasteiger partial charge in [-0.2, -0.15) is 11.8 Å². The smallest absolute Gasteiger partial charge is 0.319 e. The minimum Gasteiger partial charge on any atom is -0.396 e. The maximum absolute atomic E-state index is 11.5. The highest BCUT2D eigenvalue weighted by molar-refractivity contribution is 7.99. The molecular weight excluding hydrogens is 248 g/mol. The van der Waals surface area contributed by atoms with Crippen LogP contribution in [0.15, 0.2) is 24.3 Å². The monoisotopic (exact) mass is 268 g/mol. The first-order valence-electron chi connectivity index (χ1n) is 6.02. The van der Waals surface area contributed by atoms with Gasteiger partial charge in [-0.05, 0) is 36.8 Å². The van der Waals surface area contributed by atoms with E-state index < -0.39 is 0 Å². The average Bonchev–Trinajstić information content (AvgIpc) is 2.33. The lowest BCUT2D eigenvalue weighted by Gasteiger charge is -2.07. The SMILES string of the molecule is Cc1cccc(NC(=O)NCCSCCCO)c1. The number of aliphatic hydroxyl groups is 1. The van der Waals surface area contributed by atoms with Gasteiger partial charge in [0.15, 0.2) is 0 Å². The Kier molecular flexibility index (Phi) is 7.29. The molecule has 0 aromatic heterocycles. The van der Waals surface area contributed by atoms with Crippen LogP contribution in [0.5, 0.6) is 0 Å². The summed E-state index contributed by atoms with van der Waals surface area (Å²) in [5.41, 5.74) is 1.92. The average molecular weight is 268 g/mol. The fraction of sp³-hybridized carbons (Fsp3) is 0.462. The number of anilines is 1. The third-order valence-corrected chi connectivity index (χ3v) is 3.32. The molecule has 5 heteroatoms. The van der Waals surface area contributed by atoms with Crippen molar-refractivity contribution in [2.75, 3.05) is 30.0 Å². The number of aryl methyl sites for hydroxylation is 1. The molecule has 100 valence electrons. The standard InChI is InChI=1S/C13H20N2O2S/c1-11-4-2-5-12(10-11)15-13(17)14-6-9-18-8-3-7-16/h2,4-5,10,16H,3,6-9H2,1H3,(H2,14,15,17). The third-order valence-electron chi connectivity index (χ3n) is 2.25. The Morgan fingerprint density at radius 3 is 2.94 bits per heavy atom. The number of benzene rings is 1. The maximum Gasteiger partial charge on any atom is 0.319 e. The van der Waals surface area contributed by atoms with Gasteiger partial charge in [0.2, 0.25) is 0 Å². The van der Waals surface area contributed by atoms with Crippen LogP contribution in [0.4, 0.5) is 10.5 Å². The highest BCUT2D eigenvalue weighted by atomic mass is 32.2. The molecule has 0 heterocycles. The molecule has 0 saturated heterocycles. The summed E-state index contributed by atoms with van der Waals surface area (Å²) in [6.45, 7) is 2.85. The van der Waals surface area contributed by atoms with Crippen molar-refractivity contribution in [3.05, 3.63) is 29.8 Å². The van der Waals surface area contributed by atoms with Gasteiger partial charge in [-0.25, -0.2) is 4.79 Å². The molecule has 0 fully saturated rings. The largest absolute Gasteiger partial charge is 0.396 e. The quantitative estimate of drug-likeness (QED) is 0.665. The van der Waals surface area contributed by atoms with Crippen molar-refractivity contribution in [3.8, 4) is 0 Å². The Bertz CT molecular complexity index is 372. The summed E-state index contributed by atoms with van der Waals surface area (Å²) in [6, 6.07) is 7.51. The van der Waals surface area contributed by atoms with Gasteiger partial charge in [0.05, 0.1) is 0 Å². The van der Waals surface area contributed by atoms with Gasteiger partial charge in [0.25, 0.3) is 0 Å². The van der Waals surface area contributed by atoms with Crippen LogP contribution in [0.25, 0.3) is 0 Å². The first-order chi connectivity index (χ1) is 8.72. The van der Waals surface area contributed by atoms with Gasteiger partial charge in [0.1, 0.15) is 0 Å². The highest BCUT2D eigenvalue weighted by Gasteiger charge is 2.00. The Balaban J connectivity index is 2.14. The van der Waals surface area contributed by atoms with Crippen LogP contribution < -0.4 is 10.6 Å². The number of carbonyl (C=O) groups is 1. The number of rotatable bonds is 7. The first kappa shape index (κ1) is 14.9. The molecular formula is C13H20N2O2S. The summed E-state index contributed by atoms with van der Waals surface area (Å²) in [5.74, 6) is 1.79. The lowest BCUT2D eigenvalue weighted by atomic mass is 10.2. The van der Waals surface area contributed by atoms with E-state index in [-0.39, 0.29) is 12.6 Å². The van der Waals surface area contributed by atoms with E-state index in [0.717, 1.165) is 29.2 Å². The molecule has 18 heavy (non-hydrogen) atoms. The Morgan fingerprint density at radius 1 is 1.39 bits per heavy atom. The number of amides is 2. The van der Waals surface area contributed by atoms with Gasteiger partial charge in [-0.3, -0.25) is 0 Å². The molecule has 0 aliphatic carbocycles. The van der Waals surface area contributed by atoms with E-state index in [0.29, 0.717) is 6.54 Å². The fourth-order valence-electron chi connectivity index (χ4n) is 1.40. The van der Waals surface area contributed by atoms with E-state index in [1.54, 1.807) is 11.8 Å². The summed E-state index contributed by atoms with van der Waals surface area (Å²) in [4.78, 5) is 11.5. The molecule has 2 amide bonds. The number of hydrogen-bond acceptors (Lipinski definition) is 3. The molecule has 0 atom stereocenters. The van der Waals surface area contributed by atoms with Gasteiger partial charge >= 0.3 is 6.03 Å². The van der Waals surface area contributed by atoms with Crippen molar-refractivity contribution in [2.45, 2.75) is 13.3 Å². The number of urea groups is 1. The summed E-state index contributed by atoms with van der Waals surface area (Å²) >= 11 is 1.73. The molecule has 1 rings (SSSR count). The summed E-state index contributed by atoms with van der Waals surface area (Å²) < 4.78 is 0. The molecule has 0 unspecified atom stereocenters. The minimum absolute atomic E-state index is 0.177. The van der Waals surface area contributed by atoms with Crippen LogP contribution in [0.2, 0.25) is 0 Å². The molecule has 3 N–H and O–H groups in total. The molecule has 1 aromatic carbocycles. The van der Waals surface area contributed by atoms with E-state index in [9.17, 15) is 4.79 Å². The molecule has 0 radical (unpaired) electrons. The zero-order chi connectivity index (χ0) is 13.2. The maximum atomic E-state index is 11.5. The summed E-state index contributed by atoms with van der Waals surface area (Å²) in [7, 11) is 0. The van der Waals surface area contributed by atoms with Crippen LogP contribution in [0, 0.1) is 6.92 Å². The Hall–Kier alpha value is -1.20. The molecule has 0 spiro atoms. The molecule has 1 aromatic rings. The van der Waals surface area contributed by atoms with E-state index in [1.807, 2.05) is 31.2 Å². The molecule has 0 aliphatic heterocycles. The lowest BCUT2D eigenvalue weighted by Crippen LogP contribution is -2.30. The van der Waals surface area contributed by atoms with Crippen molar-refractivity contribution < 1.29 is 9.90 Å². The topological polar surface area (TPSA) is 61.4 Å². The van der Waals surface area contributed by atoms with Gasteiger partial charge in [0, 0.05) is 24.6 Å². The number of thioether (sulfide) groups is 1. The van der Waals surface area contributed by atoms with E-state index in [1.165, 1.54) is 0 Å². The van der Waals surface area contributed by atoms with Gasteiger partial charge < -0.3 is 15.7 Å². The number of aliphatic hydroxyl groups excluding tert-OH is 1. The normalized spacial score (nSPS) is 10.1. The van der Waals surface area contributed by atoms with Crippen molar-refractivity contribution in [2.24, 2.45) is 0 Å². The number of nitrogens with one attached hydrogen (secondary N) is 2. The molecule has 0 aliphatic rings. The fourth-order valence-corrected chi connectivity index (χ4v) is 2.19. The van der Waals surface area contributed by atoms with Crippen molar-refractivity contribution in [1.29, 1.82) is 0 Å². The van der Waals surface area contributed by atoms with Crippen LogP contribution in [-0.2, 0) is 0 Å². The van der Waals surface area contributed by atoms with Crippen LogP contribution in [0.3, 0.4) is 0 Å². The van der Waals surface area contributed by atoms with E-state index >= 15 is 0 Å². The molecule has 4 nitrogen and oxygen atoms in total. The minimum atomic E-state index is -0.177. The van der Waals surface area contributed by atoms with Crippen molar-refractivity contribution in [1.82, 2.24) is 5.32 Å². The van der Waals surface area contributed by atoms with Crippen LogP contribution >= 0.6 is 11.8 Å². The second-order valence-electron chi connectivity index (χ2n) is 3.94. The number of hydrogen-bond donors (Lipinski definition) is 3. The van der Waals surface area contributed by atoms with Crippen LogP contribution in [0.1, 0.15) is 12.0 Å². The highest BCUT2D eigenvalue weighted by Crippen LogP contribution is 2.09. The molecule has 0 saturated carbocycles. The summed E-state index contributed by atoms with van der Waals surface area (Å²) in [6.07, 6.45) is 0.806. The second kappa shape index (κ2) is 8.83. The van der Waals surface area contributed by atoms with E-state index in [4.69, 9.17) is 5.11 Å². The zero-order valence-corrected chi connectivity index (χ0v) is 11.4. The Labute approximate surface area is 112 Å².